The van der Waals surface area contributed by atoms with Crippen LogP contribution in [0.4, 0.5) is 5.69 Å². The predicted molar refractivity (Wildman–Crippen MR) is 140 cm³/mol. The van der Waals surface area contributed by atoms with Crippen LogP contribution >= 0.6 is 0 Å². The largest absolute Gasteiger partial charge is 0.496 e. The van der Waals surface area contributed by atoms with Gasteiger partial charge >= 0.3 is 0 Å². The zero-order chi connectivity index (χ0) is 24.7. The number of hydrogen-bond acceptors (Lipinski definition) is 4. The molecule has 2 atom stereocenters. The minimum absolute atomic E-state index is 0.0825. The smallest absolute Gasteiger partial charge is 0.222 e. The average molecular weight is 467 g/mol. The first-order valence-electron chi connectivity index (χ1n) is 12.6. The lowest BCUT2D eigenvalue weighted by Gasteiger charge is -2.44. The average Bonchev–Trinajstić information content (AvgIpc) is 2.86. The summed E-state index contributed by atoms with van der Waals surface area (Å²) in [6.07, 6.45) is 3.47. The molecule has 2 aromatic rings. The van der Waals surface area contributed by atoms with Crippen LogP contribution in [0.15, 0.2) is 48.5 Å². The number of amides is 1. The maximum Gasteiger partial charge on any atom is 0.222 e. The molecule has 0 radical (unpaired) electrons. The number of rotatable bonds is 10. The number of para-hydroxylation sites is 1. The molecule has 1 amide bonds. The number of methoxy groups -OCH3 is 1. The highest BCUT2D eigenvalue weighted by Crippen LogP contribution is 2.45. The van der Waals surface area contributed by atoms with Gasteiger partial charge in [-0.25, -0.2) is 0 Å². The molecule has 0 aliphatic carbocycles. The van der Waals surface area contributed by atoms with Gasteiger partial charge in [-0.1, -0.05) is 51.1 Å². The van der Waals surface area contributed by atoms with E-state index in [0.29, 0.717) is 25.4 Å². The molecule has 2 aromatic carbocycles. The quantitative estimate of drug-likeness (QED) is 0.453. The molecule has 1 aliphatic heterocycles. The summed E-state index contributed by atoms with van der Waals surface area (Å²) in [6.45, 7) is 8.48. The fraction of sp³-hybridized carbons (Fsp3) is 0.552. The van der Waals surface area contributed by atoms with Crippen molar-refractivity contribution in [3.05, 3.63) is 59.7 Å². The van der Waals surface area contributed by atoms with Gasteiger partial charge in [0, 0.05) is 56.9 Å². The van der Waals surface area contributed by atoms with E-state index in [1.54, 1.807) is 7.11 Å². The molecule has 3 rings (SSSR count). The Bertz CT molecular complexity index is 925. The van der Waals surface area contributed by atoms with Crippen LogP contribution in [0.2, 0.25) is 0 Å². The van der Waals surface area contributed by atoms with Crippen molar-refractivity contribution < 1.29 is 14.3 Å². The molecule has 34 heavy (non-hydrogen) atoms. The van der Waals surface area contributed by atoms with Crippen molar-refractivity contribution in [3.63, 3.8) is 0 Å². The van der Waals surface area contributed by atoms with Crippen LogP contribution in [0.1, 0.15) is 57.6 Å². The zero-order valence-electron chi connectivity index (χ0n) is 21.8. The molecule has 5 nitrogen and oxygen atoms in total. The van der Waals surface area contributed by atoms with Crippen LogP contribution in [-0.4, -0.2) is 51.3 Å². The molecular formula is C29H42N2O3. The van der Waals surface area contributed by atoms with Crippen molar-refractivity contribution in [2.24, 2.45) is 5.92 Å². The lowest BCUT2D eigenvalue weighted by molar-refractivity contribution is -0.132. The first-order valence-corrected chi connectivity index (χ1v) is 12.6. The minimum atomic E-state index is -0.0825. The molecule has 186 valence electrons. The molecule has 0 saturated carbocycles. The summed E-state index contributed by atoms with van der Waals surface area (Å²) in [4.78, 5) is 17.1. The lowest BCUT2D eigenvalue weighted by Crippen LogP contribution is -2.44. The highest BCUT2D eigenvalue weighted by atomic mass is 16.5. The number of nitrogens with zero attached hydrogens (tertiary/aromatic N) is 2. The maximum absolute atomic E-state index is 13.0. The Morgan fingerprint density at radius 3 is 2.47 bits per heavy atom. The SMILES string of the molecule is CCC(=O)N(CCC1(c2ccccc2OC)CCOC(C(C)C)C1)Cc1ccc(N(C)C)cc1. The Morgan fingerprint density at radius 1 is 1.15 bits per heavy atom. The van der Waals surface area contributed by atoms with Gasteiger partial charge in [0.1, 0.15) is 5.75 Å². The molecule has 0 bridgehead atoms. The first kappa shape index (κ1) is 26.1. The Balaban J connectivity index is 1.87. The van der Waals surface area contributed by atoms with Gasteiger partial charge in [-0.05, 0) is 48.9 Å². The van der Waals surface area contributed by atoms with Crippen molar-refractivity contribution in [2.45, 2.75) is 64.5 Å². The Hall–Kier alpha value is -2.53. The standard InChI is InChI=1S/C29H42N2O3/c1-7-28(32)31(21-23-12-14-24(15-13-23)30(4)5)18-16-29(17-19-34-27(20-29)22(2)3)25-10-8-9-11-26(25)33-6/h8-15,22,27H,7,16-21H2,1-6H3. The summed E-state index contributed by atoms with van der Waals surface area (Å²) in [5, 5.41) is 0. The van der Waals surface area contributed by atoms with E-state index < -0.39 is 0 Å². The molecule has 5 heteroatoms. The van der Waals surface area contributed by atoms with Crippen molar-refractivity contribution in [1.29, 1.82) is 0 Å². The molecule has 0 spiro atoms. The summed E-state index contributed by atoms with van der Waals surface area (Å²) in [5.41, 5.74) is 3.48. The van der Waals surface area contributed by atoms with E-state index in [0.717, 1.165) is 42.9 Å². The van der Waals surface area contributed by atoms with Gasteiger partial charge in [-0.3, -0.25) is 4.79 Å². The zero-order valence-corrected chi connectivity index (χ0v) is 21.8. The number of anilines is 1. The maximum atomic E-state index is 13.0. The van der Waals surface area contributed by atoms with E-state index in [1.165, 1.54) is 5.56 Å². The topological polar surface area (TPSA) is 42.0 Å². The van der Waals surface area contributed by atoms with Crippen molar-refractivity contribution in [3.8, 4) is 5.75 Å². The van der Waals surface area contributed by atoms with Gasteiger partial charge < -0.3 is 19.3 Å². The molecule has 1 saturated heterocycles. The van der Waals surface area contributed by atoms with Gasteiger partial charge in [0.2, 0.25) is 5.91 Å². The summed E-state index contributed by atoms with van der Waals surface area (Å²) in [7, 11) is 5.82. The number of carbonyl (C=O) groups is 1. The molecule has 0 aromatic heterocycles. The van der Waals surface area contributed by atoms with Gasteiger partial charge in [-0.2, -0.15) is 0 Å². The third-order valence-corrected chi connectivity index (χ3v) is 7.27. The predicted octanol–water partition coefficient (Wildman–Crippen LogP) is 5.66. The molecule has 1 aliphatic rings. The Morgan fingerprint density at radius 2 is 1.85 bits per heavy atom. The third-order valence-electron chi connectivity index (χ3n) is 7.27. The van der Waals surface area contributed by atoms with Crippen LogP contribution < -0.4 is 9.64 Å². The van der Waals surface area contributed by atoms with Crippen molar-refractivity contribution in [2.75, 3.05) is 39.3 Å². The van der Waals surface area contributed by atoms with E-state index in [1.807, 2.05) is 32.0 Å². The minimum Gasteiger partial charge on any atom is -0.496 e. The highest BCUT2D eigenvalue weighted by molar-refractivity contribution is 5.75. The number of carbonyl (C=O) groups excluding carboxylic acids is 1. The van der Waals surface area contributed by atoms with Crippen molar-refractivity contribution in [1.82, 2.24) is 4.90 Å². The second-order valence-electron chi connectivity index (χ2n) is 10.1. The number of hydrogen-bond donors (Lipinski definition) is 0. The second kappa shape index (κ2) is 11.7. The third kappa shape index (κ3) is 6.12. The Kier molecular flexibility index (Phi) is 9.01. The van der Waals surface area contributed by atoms with Crippen LogP contribution in [0.3, 0.4) is 0 Å². The molecular weight excluding hydrogens is 424 g/mol. The Labute approximate surface area is 206 Å². The fourth-order valence-corrected chi connectivity index (χ4v) is 5.05. The van der Waals surface area contributed by atoms with E-state index >= 15 is 0 Å². The highest BCUT2D eigenvalue weighted by Gasteiger charge is 2.41. The van der Waals surface area contributed by atoms with Crippen LogP contribution in [0.5, 0.6) is 5.75 Å². The number of benzene rings is 2. The van der Waals surface area contributed by atoms with Crippen LogP contribution in [0, 0.1) is 5.92 Å². The van der Waals surface area contributed by atoms with E-state index in [4.69, 9.17) is 9.47 Å². The van der Waals surface area contributed by atoms with Gasteiger partial charge in [-0.15, -0.1) is 0 Å². The van der Waals surface area contributed by atoms with Gasteiger partial charge in [0.05, 0.1) is 13.2 Å². The fourth-order valence-electron chi connectivity index (χ4n) is 5.05. The van der Waals surface area contributed by atoms with Crippen molar-refractivity contribution >= 4 is 11.6 Å². The summed E-state index contributed by atoms with van der Waals surface area (Å²) in [5.74, 6) is 1.57. The second-order valence-corrected chi connectivity index (χ2v) is 10.1. The van der Waals surface area contributed by atoms with Gasteiger partial charge in [0.25, 0.3) is 0 Å². The molecule has 0 N–H and O–H groups in total. The van der Waals surface area contributed by atoms with Crippen LogP contribution in [0.25, 0.3) is 0 Å². The lowest BCUT2D eigenvalue weighted by atomic mass is 9.68. The summed E-state index contributed by atoms with van der Waals surface area (Å²) < 4.78 is 12.0. The summed E-state index contributed by atoms with van der Waals surface area (Å²) in [6, 6.07) is 16.9. The molecule has 1 fully saturated rings. The monoisotopic (exact) mass is 466 g/mol. The van der Waals surface area contributed by atoms with E-state index in [9.17, 15) is 4.79 Å². The molecule has 2 unspecified atom stereocenters. The molecule has 1 heterocycles. The number of ether oxygens (including phenoxy) is 2. The summed E-state index contributed by atoms with van der Waals surface area (Å²) >= 11 is 0. The normalized spacial score (nSPS) is 20.3. The van der Waals surface area contributed by atoms with E-state index in [-0.39, 0.29) is 17.4 Å². The van der Waals surface area contributed by atoms with Crippen LogP contribution in [-0.2, 0) is 21.5 Å². The van der Waals surface area contributed by atoms with E-state index in [2.05, 4.69) is 61.2 Å². The van der Waals surface area contributed by atoms with Gasteiger partial charge in [0.15, 0.2) is 0 Å². The first-order chi connectivity index (χ1) is 16.3.